The second-order valence-electron chi connectivity index (χ2n) is 8.09. The van der Waals surface area contributed by atoms with Crippen molar-refractivity contribution in [2.45, 2.75) is 6.92 Å². The zero-order valence-electron chi connectivity index (χ0n) is 20.5. The minimum Gasteiger partial charge on any atom is -0.457 e. The number of rotatable bonds is 10. The number of para-hydroxylation sites is 2. The summed E-state index contributed by atoms with van der Waals surface area (Å²) in [5.41, 5.74) is 1.67. The summed E-state index contributed by atoms with van der Waals surface area (Å²) in [5, 5.41) is 0. The standard InChI is InChI=1S/C33H26O4/c1-3-24(32(34)26-15-19-30(20-16-26)36-28-11-7-5-8-12-28)23-25(4-2)33(35)27-17-21-31(22-18-27)37-29-13-9-6-10-14-29/h3-23H,1H2,2H3/b24-23+,25-4+. The summed E-state index contributed by atoms with van der Waals surface area (Å²) in [6, 6.07) is 32.6. The Morgan fingerprint density at radius 3 is 1.32 bits per heavy atom. The molecule has 0 radical (unpaired) electrons. The molecule has 182 valence electrons. The molecular weight excluding hydrogens is 460 g/mol. The van der Waals surface area contributed by atoms with Crippen LogP contribution in [0.15, 0.2) is 145 Å². The molecule has 4 heteroatoms. The van der Waals surface area contributed by atoms with Crippen LogP contribution < -0.4 is 9.47 Å². The molecule has 0 atom stereocenters. The van der Waals surface area contributed by atoms with E-state index in [1.54, 1.807) is 67.6 Å². The van der Waals surface area contributed by atoms with Crippen LogP contribution in [0, 0.1) is 0 Å². The first-order chi connectivity index (χ1) is 18.1. The van der Waals surface area contributed by atoms with Crippen LogP contribution in [-0.2, 0) is 0 Å². The Bertz CT molecular complexity index is 1430. The van der Waals surface area contributed by atoms with E-state index in [9.17, 15) is 9.59 Å². The van der Waals surface area contributed by atoms with Crippen molar-refractivity contribution >= 4 is 11.6 Å². The maximum atomic E-state index is 13.2. The van der Waals surface area contributed by atoms with E-state index in [0.717, 1.165) is 0 Å². The molecular formula is C33H26O4. The Hall–Kier alpha value is -4.96. The maximum Gasteiger partial charge on any atom is 0.193 e. The van der Waals surface area contributed by atoms with Gasteiger partial charge in [0, 0.05) is 22.3 Å². The van der Waals surface area contributed by atoms with Gasteiger partial charge < -0.3 is 9.47 Å². The van der Waals surface area contributed by atoms with Crippen molar-refractivity contribution in [3.63, 3.8) is 0 Å². The highest BCUT2D eigenvalue weighted by molar-refractivity contribution is 6.15. The summed E-state index contributed by atoms with van der Waals surface area (Å²) in [4.78, 5) is 26.3. The molecule has 4 aromatic rings. The van der Waals surface area contributed by atoms with Gasteiger partial charge in [0.1, 0.15) is 23.0 Å². The molecule has 0 spiro atoms. The van der Waals surface area contributed by atoms with Gasteiger partial charge in [-0.05, 0) is 85.8 Å². The fourth-order valence-electron chi connectivity index (χ4n) is 3.60. The van der Waals surface area contributed by atoms with Crippen LogP contribution in [0.2, 0.25) is 0 Å². The number of benzene rings is 4. The average Bonchev–Trinajstić information content (AvgIpc) is 2.95. The molecule has 4 aromatic carbocycles. The lowest BCUT2D eigenvalue weighted by atomic mass is 9.97. The summed E-state index contributed by atoms with van der Waals surface area (Å²) in [7, 11) is 0. The van der Waals surface area contributed by atoms with Crippen molar-refractivity contribution < 1.29 is 19.1 Å². The first-order valence-electron chi connectivity index (χ1n) is 11.8. The van der Waals surface area contributed by atoms with Crippen LogP contribution >= 0.6 is 0 Å². The molecule has 0 saturated heterocycles. The van der Waals surface area contributed by atoms with E-state index in [4.69, 9.17) is 9.47 Å². The van der Waals surface area contributed by atoms with Gasteiger partial charge >= 0.3 is 0 Å². The van der Waals surface area contributed by atoms with E-state index in [1.807, 2.05) is 60.7 Å². The molecule has 0 fully saturated rings. The van der Waals surface area contributed by atoms with Gasteiger partial charge in [-0.1, -0.05) is 55.1 Å². The fraction of sp³-hybridized carbons (Fsp3) is 0.0303. The lowest BCUT2D eigenvalue weighted by Gasteiger charge is -2.09. The maximum absolute atomic E-state index is 13.2. The monoisotopic (exact) mass is 486 g/mol. The van der Waals surface area contributed by atoms with Crippen molar-refractivity contribution in [1.82, 2.24) is 0 Å². The third-order valence-electron chi connectivity index (χ3n) is 5.56. The van der Waals surface area contributed by atoms with Gasteiger partial charge in [0.15, 0.2) is 11.6 Å². The molecule has 0 aromatic heterocycles. The largest absolute Gasteiger partial charge is 0.457 e. The fourth-order valence-corrected chi connectivity index (χ4v) is 3.60. The number of ketones is 2. The lowest BCUT2D eigenvalue weighted by Crippen LogP contribution is -2.06. The summed E-state index contributed by atoms with van der Waals surface area (Å²) in [6.07, 6.45) is 4.72. The molecule has 0 saturated carbocycles. The van der Waals surface area contributed by atoms with Crippen LogP contribution in [0.4, 0.5) is 0 Å². The van der Waals surface area contributed by atoms with E-state index in [-0.39, 0.29) is 11.6 Å². The number of allylic oxidation sites excluding steroid dienone is 5. The Morgan fingerprint density at radius 1 is 0.568 bits per heavy atom. The number of Topliss-reactive ketones (excluding diaryl/α,β-unsaturated/α-hetero) is 2. The van der Waals surface area contributed by atoms with Crippen LogP contribution in [0.1, 0.15) is 27.6 Å². The summed E-state index contributed by atoms with van der Waals surface area (Å²) < 4.78 is 11.6. The van der Waals surface area contributed by atoms with Crippen LogP contribution in [0.3, 0.4) is 0 Å². The van der Waals surface area contributed by atoms with Gasteiger partial charge in [0.05, 0.1) is 0 Å². The van der Waals surface area contributed by atoms with Crippen molar-refractivity contribution in [3.05, 3.63) is 156 Å². The second kappa shape index (κ2) is 12.1. The Kier molecular flexibility index (Phi) is 8.25. The van der Waals surface area contributed by atoms with Crippen molar-refractivity contribution in [1.29, 1.82) is 0 Å². The number of carbonyl (C=O) groups excluding carboxylic acids is 2. The van der Waals surface area contributed by atoms with Gasteiger partial charge in [-0.2, -0.15) is 0 Å². The van der Waals surface area contributed by atoms with Crippen LogP contribution in [0.5, 0.6) is 23.0 Å². The summed E-state index contributed by atoms with van der Waals surface area (Å²) >= 11 is 0. The zero-order valence-corrected chi connectivity index (χ0v) is 20.5. The Labute approximate surface area is 216 Å². The van der Waals surface area contributed by atoms with Gasteiger partial charge in [0.2, 0.25) is 0 Å². The third kappa shape index (κ3) is 6.59. The number of carbonyl (C=O) groups is 2. The Balaban J connectivity index is 1.47. The smallest absolute Gasteiger partial charge is 0.193 e. The SMILES string of the molecule is C=C/C(=C\C(=C/C)C(=O)c1ccc(Oc2ccccc2)cc1)C(=O)c1ccc(Oc2ccccc2)cc1. The van der Waals surface area contributed by atoms with E-state index in [0.29, 0.717) is 45.3 Å². The molecule has 0 heterocycles. The van der Waals surface area contributed by atoms with Gasteiger partial charge in [0.25, 0.3) is 0 Å². The first kappa shape index (κ1) is 25.1. The predicted molar refractivity (Wildman–Crippen MR) is 147 cm³/mol. The summed E-state index contributed by atoms with van der Waals surface area (Å²) in [5.74, 6) is 2.24. The van der Waals surface area contributed by atoms with Gasteiger partial charge in [-0.25, -0.2) is 0 Å². The van der Waals surface area contributed by atoms with E-state index in [1.165, 1.54) is 6.08 Å². The molecule has 4 rings (SSSR count). The molecule has 0 unspecified atom stereocenters. The molecule has 0 aliphatic heterocycles. The van der Waals surface area contributed by atoms with Crippen molar-refractivity contribution in [3.8, 4) is 23.0 Å². The minimum atomic E-state index is -0.236. The molecule has 4 nitrogen and oxygen atoms in total. The quantitative estimate of drug-likeness (QED) is 0.128. The summed E-state index contributed by atoms with van der Waals surface area (Å²) in [6.45, 7) is 5.54. The predicted octanol–water partition coefficient (Wildman–Crippen LogP) is 8.40. The Morgan fingerprint density at radius 2 is 0.946 bits per heavy atom. The minimum absolute atomic E-state index is 0.201. The van der Waals surface area contributed by atoms with Crippen LogP contribution in [0.25, 0.3) is 0 Å². The lowest BCUT2D eigenvalue weighted by molar-refractivity contribution is 0.103. The van der Waals surface area contributed by atoms with Crippen LogP contribution in [-0.4, -0.2) is 11.6 Å². The van der Waals surface area contributed by atoms with Crippen molar-refractivity contribution in [2.75, 3.05) is 0 Å². The third-order valence-corrected chi connectivity index (χ3v) is 5.56. The second-order valence-corrected chi connectivity index (χ2v) is 8.09. The van der Waals surface area contributed by atoms with E-state index in [2.05, 4.69) is 6.58 Å². The topological polar surface area (TPSA) is 52.6 Å². The van der Waals surface area contributed by atoms with Crippen molar-refractivity contribution in [2.24, 2.45) is 0 Å². The average molecular weight is 487 g/mol. The zero-order chi connectivity index (χ0) is 26.0. The first-order valence-corrected chi connectivity index (χ1v) is 11.8. The number of ether oxygens (including phenoxy) is 2. The molecule has 0 amide bonds. The molecule has 0 aliphatic rings. The highest BCUT2D eigenvalue weighted by Gasteiger charge is 2.15. The van der Waals surface area contributed by atoms with Gasteiger partial charge in [-0.3, -0.25) is 9.59 Å². The highest BCUT2D eigenvalue weighted by Crippen LogP contribution is 2.24. The normalized spacial score (nSPS) is 11.5. The number of hydrogen-bond acceptors (Lipinski definition) is 4. The number of hydrogen-bond donors (Lipinski definition) is 0. The molecule has 37 heavy (non-hydrogen) atoms. The molecule has 0 N–H and O–H groups in total. The van der Waals surface area contributed by atoms with E-state index >= 15 is 0 Å². The van der Waals surface area contributed by atoms with E-state index < -0.39 is 0 Å². The molecule has 0 aliphatic carbocycles. The highest BCUT2D eigenvalue weighted by atomic mass is 16.5. The van der Waals surface area contributed by atoms with Gasteiger partial charge in [-0.15, -0.1) is 0 Å². The molecule has 0 bridgehead atoms.